The van der Waals surface area contributed by atoms with Crippen molar-refractivity contribution in [3.63, 3.8) is 0 Å². The number of nitrogens with one attached hydrogen (secondary N) is 1. The molecule has 3 rings (SSSR count). The number of amides is 1. The van der Waals surface area contributed by atoms with Crippen LogP contribution in [-0.4, -0.2) is 66.9 Å². The van der Waals surface area contributed by atoms with Crippen molar-refractivity contribution in [2.75, 3.05) is 42.9 Å². The van der Waals surface area contributed by atoms with Gasteiger partial charge in [0.25, 0.3) is 0 Å². The number of piperidine rings is 1. The maximum absolute atomic E-state index is 12.2. The van der Waals surface area contributed by atoms with Gasteiger partial charge in [-0.25, -0.2) is 0 Å². The van der Waals surface area contributed by atoms with Crippen molar-refractivity contribution >= 4 is 17.3 Å². The summed E-state index contributed by atoms with van der Waals surface area (Å²) in [6.07, 6.45) is 1.74. The summed E-state index contributed by atoms with van der Waals surface area (Å²) in [5.41, 5.74) is 1.98. The zero-order valence-corrected chi connectivity index (χ0v) is 15.1. The zero-order valence-electron chi connectivity index (χ0n) is 15.1. The van der Waals surface area contributed by atoms with Gasteiger partial charge in [0.2, 0.25) is 5.91 Å². The summed E-state index contributed by atoms with van der Waals surface area (Å²) in [4.78, 5) is 16.6. The van der Waals surface area contributed by atoms with E-state index < -0.39 is 0 Å². The van der Waals surface area contributed by atoms with Gasteiger partial charge >= 0.3 is 0 Å². The molecule has 6 heteroatoms. The van der Waals surface area contributed by atoms with E-state index in [2.05, 4.69) is 41.1 Å². The Balaban J connectivity index is 1.51. The number of carbonyl (C=O) groups excluding carboxylic acids is 1. The molecule has 1 aromatic carbocycles. The minimum absolute atomic E-state index is 0.00208. The second-order valence-corrected chi connectivity index (χ2v) is 7.26. The minimum atomic E-state index is -0.211. The summed E-state index contributed by atoms with van der Waals surface area (Å²) in [6, 6.07) is 8.02. The Morgan fingerprint density at radius 1 is 1.16 bits per heavy atom. The van der Waals surface area contributed by atoms with E-state index in [1.165, 1.54) is 0 Å². The van der Waals surface area contributed by atoms with Crippen molar-refractivity contribution in [1.82, 2.24) is 4.90 Å². The third-order valence-electron chi connectivity index (χ3n) is 4.86. The number of aliphatic hydroxyl groups is 1. The first-order valence-corrected chi connectivity index (χ1v) is 9.20. The van der Waals surface area contributed by atoms with Gasteiger partial charge in [-0.3, -0.25) is 9.69 Å². The molecule has 0 unspecified atom stereocenters. The first kappa shape index (κ1) is 18.2. The molecule has 2 saturated heterocycles. The molecule has 0 bridgehead atoms. The van der Waals surface area contributed by atoms with Crippen molar-refractivity contribution in [2.24, 2.45) is 0 Å². The lowest BCUT2D eigenvalue weighted by Gasteiger charge is -2.36. The molecule has 0 spiro atoms. The van der Waals surface area contributed by atoms with Crippen LogP contribution in [-0.2, 0) is 9.53 Å². The maximum atomic E-state index is 12.2. The van der Waals surface area contributed by atoms with E-state index in [1.807, 2.05) is 12.1 Å². The van der Waals surface area contributed by atoms with Crippen LogP contribution < -0.4 is 10.2 Å². The second kappa shape index (κ2) is 8.17. The quantitative estimate of drug-likeness (QED) is 0.868. The number of hydrogen-bond acceptors (Lipinski definition) is 5. The molecule has 1 aromatic rings. The first-order chi connectivity index (χ1) is 12.0. The van der Waals surface area contributed by atoms with Gasteiger partial charge < -0.3 is 20.1 Å². The summed E-state index contributed by atoms with van der Waals surface area (Å²) in [5, 5.41) is 12.5. The summed E-state index contributed by atoms with van der Waals surface area (Å²) in [5.74, 6) is -0.00208. The second-order valence-electron chi connectivity index (χ2n) is 7.26. The molecule has 2 atom stereocenters. The average molecular weight is 347 g/mol. The summed E-state index contributed by atoms with van der Waals surface area (Å²) in [7, 11) is 0. The van der Waals surface area contributed by atoms with Crippen LogP contribution in [0.2, 0.25) is 0 Å². The molecule has 2 aliphatic heterocycles. The van der Waals surface area contributed by atoms with Gasteiger partial charge in [-0.15, -0.1) is 0 Å². The Kier molecular flexibility index (Phi) is 5.93. The average Bonchev–Trinajstić information content (AvgIpc) is 2.57. The Bertz CT molecular complexity index is 560. The highest BCUT2D eigenvalue weighted by Gasteiger charge is 2.22. The van der Waals surface area contributed by atoms with Crippen molar-refractivity contribution in [1.29, 1.82) is 0 Å². The van der Waals surface area contributed by atoms with E-state index in [0.29, 0.717) is 6.54 Å². The summed E-state index contributed by atoms with van der Waals surface area (Å²) >= 11 is 0. The van der Waals surface area contributed by atoms with E-state index >= 15 is 0 Å². The number of aliphatic hydroxyl groups excluding tert-OH is 1. The van der Waals surface area contributed by atoms with E-state index in [9.17, 15) is 9.90 Å². The smallest absolute Gasteiger partial charge is 0.238 e. The molecule has 0 radical (unpaired) electrons. The van der Waals surface area contributed by atoms with E-state index in [1.54, 1.807) is 0 Å². The van der Waals surface area contributed by atoms with E-state index in [4.69, 9.17) is 4.74 Å². The van der Waals surface area contributed by atoms with Gasteiger partial charge in [0.05, 0.1) is 24.9 Å². The van der Waals surface area contributed by atoms with Crippen LogP contribution >= 0.6 is 0 Å². The Morgan fingerprint density at radius 2 is 1.76 bits per heavy atom. The number of morpholine rings is 1. The minimum Gasteiger partial charge on any atom is -0.393 e. The molecule has 2 heterocycles. The monoisotopic (exact) mass is 347 g/mol. The number of anilines is 2. The van der Waals surface area contributed by atoms with Gasteiger partial charge in [0.1, 0.15) is 0 Å². The van der Waals surface area contributed by atoms with Crippen molar-refractivity contribution in [2.45, 2.75) is 45.0 Å². The molecule has 0 aromatic heterocycles. The lowest BCUT2D eigenvalue weighted by atomic mass is 10.1. The van der Waals surface area contributed by atoms with Gasteiger partial charge in [0, 0.05) is 37.6 Å². The fourth-order valence-electron chi connectivity index (χ4n) is 3.63. The maximum Gasteiger partial charge on any atom is 0.238 e. The van der Waals surface area contributed by atoms with Gasteiger partial charge in [0.15, 0.2) is 0 Å². The molecule has 0 aliphatic carbocycles. The summed E-state index contributed by atoms with van der Waals surface area (Å²) < 4.78 is 5.77. The highest BCUT2D eigenvalue weighted by molar-refractivity contribution is 5.92. The normalized spacial score (nSPS) is 25.8. The number of nitrogens with zero attached hydrogens (tertiary/aromatic N) is 2. The van der Waals surface area contributed by atoms with Crippen LogP contribution in [0.4, 0.5) is 11.4 Å². The molecular weight excluding hydrogens is 318 g/mol. The molecule has 2 fully saturated rings. The largest absolute Gasteiger partial charge is 0.393 e. The van der Waals surface area contributed by atoms with Crippen molar-refractivity contribution in [3.8, 4) is 0 Å². The molecule has 1 amide bonds. The van der Waals surface area contributed by atoms with Crippen LogP contribution in [0.5, 0.6) is 0 Å². The number of carbonyl (C=O) groups is 1. The van der Waals surface area contributed by atoms with E-state index in [-0.39, 0.29) is 24.2 Å². The van der Waals surface area contributed by atoms with Crippen molar-refractivity contribution < 1.29 is 14.6 Å². The number of benzene rings is 1. The van der Waals surface area contributed by atoms with Crippen LogP contribution in [0.3, 0.4) is 0 Å². The predicted molar refractivity (Wildman–Crippen MR) is 99.0 cm³/mol. The fraction of sp³-hybridized carbons (Fsp3) is 0.632. The van der Waals surface area contributed by atoms with Gasteiger partial charge in [-0.05, 0) is 51.0 Å². The molecule has 2 N–H and O–H groups in total. The topological polar surface area (TPSA) is 65.0 Å². The van der Waals surface area contributed by atoms with Crippen molar-refractivity contribution in [3.05, 3.63) is 24.3 Å². The van der Waals surface area contributed by atoms with Crippen LogP contribution in [0, 0.1) is 0 Å². The third-order valence-corrected chi connectivity index (χ3v) is 4.86. The molecule has 138 valence electrons. The van der Waals surface area contributed by atoms with Crippen LogP contribution in [0.1, 0.15) is 26.7 Å². The number of likely N-dealkylation sites (tertiary alicyclic amines) is 1. The summed E-state index contributed by atoms with van der Waals surface area (Å²) in [6.45, 7) is 7.90. The SMILES string of the molecule is C[C@@H]1CN(c2ccc(NC(=O)CN3CCC(O)CC3)cc2)C[C@H](C)O1. The Labute approximate surface area is 149 Å². The molecule has 2 aliphatic rings. The molecule has 6 nitrogen and oxygen atoms in total. The van der Waals surface area contributed by atoms with E-state index in [0.717, 1.165) is 50.4 Å². The highest BCUT2D eigenvalue weighted by Crippen LogP contribution is 2.22. The Morgan fingerprint density at radius 3 is 2.36 bits per heavy atom. The first-order valence-electron chi connectivity index (χ1n) is 9.20. The molecule has 25 heavy (non-hydrogen) atoms. The van der Waals surface area contributed by atoms with Crippen LogP contribution in [0.15, 0.2) is 24.3 Å². The highest BCUT2D eigenvalue weighted by atomic mass is 16.5. The van der Waals surface area contributed by atoms with Gasteiger partial charge in [-0.2, -0.15) is 0 Å². The Hall–Kier alpha value is -1.63. The number of ether oxygens (including phenoxy) is 1. The predicted octanol–water partition coefficient (Wildman–Crippen LogP) is 1.70. The molecule has 0 saturated carbocycles. The lowest BCUT2D eigenvalue weighted by Crippen LogP contribution is -2.45. The third kappa shape index (κ3) is 5.17. The number of rotatable bonds is 4. The fourth-order valence-corrected chi connectivity index (χ4v) is 3.63. The van der Waals surface area contributed by atoms with Crippen LogP contribution in [0.25, 0.3) is 0 Å². The lowest BCUT2D eigenvalue weighted by molar-refractivity contribution is -0.117. The van der Waals surface area contributed by atoms with Gasteiger partial charge in [-0.1, -0.05) is 0 Å². The molecular formula is C19H29N3O3. The standard InChI is InChI=1S/C19H29N3O3/c1-14-11-22(12-15(2)25-14)17-5-3-16(4-6-17)20-19(24)13-21-9-7-18(23)8-10-21/h3-6,14-15,18,23H,7-13H2,1-2H3,(H,20,24)/t14-,15+. The zero-order chi connectivity index (χ0) is 17.8. The number of hydrogen-bond donors (Lipinski definition) is 2.